The molecule has 1 saturated heterocycles. The molecule has 0 radical (unpaired) electrons. The molecule has 19 heavy (non-hydrogen) atoms. The highest BCUT2D eigenvalue weighted by Crippen LogP contribution is 2.11. The average molecular weight is 260 g/mol. The molecule has 100 valence electrons. The van der Waals surface area contributed by atoms with Crippen molar-refractivity contribution in [3.05, 3.63) is 35.4 Å². The van der Waals surface area contributed by atoms with Gasteiger partial charge in [-0.3, -0.25) is 0 Å². The molecule has 1 aliphatic rings. The van der Waals surface area contributed by atoms with Gasteiger partial charge in [0.2, 0.25) is 0 Å². The third-order valence-electron chi connectivity index (χ3n) is 2.75. The average Bonchev–Trinajstić information content (AvgIpc) is 2.82. The SMILES string of the molecule is Cc1ccc(C(C#N)=NOCC2COC(C)O2)cc1. The number of oxime groups is 1. The van der Waals surface area contributed by atoms with Gasteiger partial charge in [0.15, 0.2) is 12.0 Å². The number of nitrogens with zero attached hydrogens (tertiary/aromatic N) is 2. The summed E-state index contributed by atoms with van der Waals surface area (Å²) in [6, 6.07) is 9.57. The molecule has 5 heteroatoms. The van der Waals surface area contributed by atoms with Gasteiger partial charge in [0.05, 0.1) is 6.61 Å². The lowest BCUT2D eigenvalue weighted by molar-refractivity contribution is -0.0578. The second kappa shape index (κ2) is 6.32. The van der Waals surface area contributed by atoms with Crippen molar-refractivity contribution < 1.29 is 14.3 Å². The number of rotatable bonds is 4. The predicted molar refractivity (Wildman–Crippen MR) is 69.6 cm³/mol. The molecule has 5 nitrogen and oxygen atoms in total. The molecule has 0 aromatic heterocycles. The van der Waals surface area contributed by atoms with Crippen LogP contribution in [0.15, 0.2) is 29.4 Å². The standard InChI is InChI=1S/C14H16N2O3/c1-10-3-5-12(6-4-10)14(7-15)16-18-9-13-8-17-11(2)19-13/h3-6,11,13H,8-9H2,1-2H3. The molecule has 1 fully saturated rings. The van der Waals surface area contributed by atoms with E-state index in [0.717, 1.165) is 11.1 Å². The fourth-order valence-electron chi connectivity index (χ4n) is 1.71. The quantitative estimate of drug-likeness (QED) is 0.613. The third-order valence-corrected chi connectivity index (χ3v) is 2.75. The minimum absolute atomic E-state index is 0.128. The van der Waals surface area contributed by atoms with Crippen LogP contribution in [0.5, 0.6) is 0 Å². The molecule has 0 saturated carbocycles. The molecule has 1 aromatic carbocycles. The zero-order valence-electron chi connectivity index (χ0n) is 11.0. The van der Waals surface area contributed by atoms with Crippen molar-refractivity contribution in [2.75, 3.05) is 13.2 Å². The Bertz CT molecular complexity index is 490. The van der Waals surface area contributed by atoms with E-state index in [9.17, 15) is 0 Å². The lowest BCUT2D eigenvalue weighted by Crippen LogP contribution is -2.17. The Morgan fingerprint density at radius 2 is 2.21 bits per heavy atom. The first-order chi connectivity index (χ1) is 9.19. The second-order valence-corrected chi connectivity index (χ2v) is 4.37. The van der Waals surface area contributed by atoms with Crippen LogP contribution in [0.1, 0.15) is 18.1 Å². The summed E-state index contributed by atoms with van der Waals surface area (Å²) in [6.07, 6.45) is -0.332. The van der Waals surface area contributed by atoms with E-state index >= 15 is 0 Å². The smallest absolute Gasteiger partial charge is 0.186 e. The highest BCUT2D eigenvalue weighted by atomic mass is 16.7. The summed E-state index contributed by atoms with van der Waals surface area (Å²) in [7, 11) is 0. The van der Waals surface area contributed by atoms with Crippen molar-refractivity contribution in [2.45, 2.75) is 26.2 Å². The largest absolute Gasteiger partial charge is 0.392 e. The molecular formula is C14H16N2O3. The Morgan fingerprint density at radius 3 is 2.79 bits per heavy atom. The Kier molecular flexibility index (Phi) is 4.50. The molecule has 1 aromatic rings. The van der Waals surface area contributed by atoms with Gasteiger partial charge in [-0.05, 0) is 13.8 Å². The summed E-state index contributed by atoms with van der Waals surface area (Å²) in [5, 5.41) is 12.9. The van der Waals surface area contributed by atoms with Gasteiger partial charge in [-0.25, -0.2) is 0 Å². The van der Waals surface area contributed by atoms with Crippen LogP contribution >= 0.6 is 0 Å². The summed E-state index contributed by atoms with van der Waals surface area (Å²) < 4.78 is 10.6. The van der Waals surface area contributed by atoms with Gasteiger partial charge >= 0.3 is 0 Å². The third kappa shape index (κ3) is 3.78. The molecule has 0 N–H and O–H groups in total. The first kappa shape index (κ1) is 13.5. The molecule has 2 rings (SSSR count). The van der Waals surface area contributed by atoms with E-state index < -0.39 is 0 Å². The van der Waals surface area contributed by atoms with Crippen LogP contribution in [0.25, 0.3) is 0 Å². The van der Waals surface area contributed by atoms with Crippen LogP contribution in [-0.2, 0) is 14.3 Å². The number of nitriles is 1. The highest BCUT2D eigenvalue weighted by molar-refractivity contribution is 6.11. The van der Waals surface area contributed by atoms with Crippen LogP contribution in [0, 0.1) is 18.3 Å². The Balaban J connectivity index is 1.92. The van der Waals surface area contributed by atoms with E-state index in [4.69, 9.17) is 19.6 Å². The Hall–Kier alpha value is -1.90. The maximum absolute atomic E-state index is 9.07. The van der Waals surface area contributed by atoms with E-state index in [1.807, 2.05) is 44.2 Å². The molecule has 2 unspecified atom stereocenters. The maximum atomic E-state index is 9.07. The summed E-state index contributed by atoms with van der Waals surface area (Å²) >= 11 is 0. The van der Waals surface area contributed by atoms with Crippen LogP contribution in [0.2, 0.25) is 0 Å². The molecule has 0 spiro atoms. The van der Waals surface area contributed by atoms with Gasteiger partial charge in [0.25, 0.3) is 0 Å². The minimum atomic E-state index is -0.204. The number of benzene rings is 1. The van der Waals surface area contributed by atoms with Gasteiger partial charge in [0, 0.05) is 5.56 Å². The molecule has 2 atom stereocenters. The first-order valence-electron chi connectivity index (χ1n) is 6.13. The summed E-state index contributed by atoms with van der Waals surface area (Å²) in [4.78, 5) is 5.16. The van der Waals surface area contributed by atoms with E-state index in [1.165, 1.54) is 0 Å². The molecular weight excluding hydrogens is 244 g/mol. The zero-order valence-corrected chi connectivity index (χ0v) is 11.0. The minimum Gasteiger partial charge on any atom is -0.392 e. The predicted octanol–water partition coefficient (Wildman–Crippen LogP) is 2.00. The lowest BCUT2D eigenvalue weighted by atomic mass is 10.1. The number of aryl methyl sites for hydroxylation is 1. The lowest BCUT2D eigenvalue weighted by Gasteiger charge is -2.07. The van der Waals surface area contributed by atoms with Crippen LogP contribution in [0.3, 0.4) is 0 Å². The molecule has 0 bridgehead atoms. The monoisotopic (exact) mass is 260 g/mol. The second-order valence-electron chi connectivity index (χ2n) is 4.37. The van der Waals surface area contributed by atoms with Gasteiger partial charge < -0.3 is 14.3 Å². The fraction of sp³-hybridized carbons (Fsp3) is 0.429. The van der Waals surface area contributed by atoms with Crippen molar-refractivity contribution in [2.24, 2.45) is 5.16 Å². The van der Waals surface area contributed by atoms with E-state index in [-0.39, 0.29) is 24.7 Å². The molecule has 1 aliphatic heterocycles. The van der Waals surface area contributed by atoms with Crippen LogP contribution in [-0.4, -0.2) is 31.3 Å². The molecule has 0 amide bonds. The van der Waals surface area contributed by atoms with Gasteiger partial charge in [-0.15, -0.1) is 0 Å². The van der Waals surface area contributed by atoms with Crippen molar-refractivity contribution in [3.63, 3.8) is 0 Å². The number of hydrogen-bond acceptors (Lipinski definition) is 5. The Labute approximate surface area is 112 Å². The van der Waals surface area contributed by atoms with Crippen molar-refractivity contribution >= 4 is 5.71 Å². The number of ether oxygens (including phenoxy) is 2. The maximum Gasteiger partial charge on any atom is 0.186 e. The zero-order chi connectivity index (χ0) is 13.7. The van der Waals surface area contributed by atoms with Gasteiger partial charge in [-0.2, -0.15) is 5.26 Å². The Morgan fingerprint density at radius 1 is 1.47 bits per heavy atom. The normalized spacial score (nSPS) is 23.1. The fourth-order valence-corrected chi connectivity index (χ4v) is 1.71. The van der Waals surface area contributed by atoms with Gasteiger partial charge in [0.1, 0.15) is 18.8 Å². The highest BCUT2D eigenvalue weighted by Gasteiger charge is 2.22. The summed E-state index contributed by atoms with van der Waals surface area (Å²) in [5.41, 5.74) is 2.13. The van der Waals surface area contributed by atoms with Crippen LogP contribution < -0.4 is 0 Å². The summed E-state index contributed by atoms with van der Waals surface area (Å²) in [6.45, 7) is 4.59. The molecule has 1 heterocycles. The van der Waals surface area contributed by atoms with Crippen molar-refractivity contribution in [1.82, 2.24) is 0 Å². The van der Waals surface area contributed by atoms with Crippen molar-refractivity contribution in [3.8, 4) is 6.07 Å². The van der Waals surface area contributed by atoms with E-state index in [0.29, 0.717) is 6.61 Å². The van der Waals surface area contributed by atoms with Gasteiger partial charge in [-0.1, -0.05) is 35.0 Å². The van der Waals surface area contributed by atoms with Crippen molar-refractivity contribution in [1.29, 1.82) is 5.26 Å². The topological polar surface area (TPSA) is 63.8 Å². The van der Waals surface area contributed by atoms with Crippen LogP contribution in [0.4, 0.5) is 0 Å². The number of hydrogen-bond donors (Lipinski definition) is 0. The summed E-state index contributed by atoms with van der Waals surface area (Å²) in [5.74, 6) is 0. The molecule has 0 aliphatic carbocycles. The van der Waals surface area contributed by atoms with E-state index in [2.05, 4.69) is 5.16 Å². The first-order valence-corrected chi connectivity index (χ1v) is 6.13. The van der Waals surface area contributed by atoms with E-state index in [1.54, 1.807) is 0 Å².